The maximum atomic E-state index is 14.4. The first-order valence-electron chi connectivity index (χ1n) is 8.51. The zero-order chi connectivity index (χ0) is 19.6. The summed E-state index contributed by atoms with van der Waals surface area (Å²) in [6, 6.07) is 7.36. The quantitative estimate of drug-likeness (QED) is 0.769. The molecular formula is C19H21FN4O3. The molecule has 1 aromatic carbocycles. The van der Waals surface area contributed by atoms with E-state index in [9.17, 15) is 14.0 Å². The zero-order valence-corrected chi connectivity index (χ0v) is 15.2. The van der Waals surface area contributed by atoms with Crippen molar-refractivity contribution in [3.8, 4) is 0 Å². The molecule has 7 nitrogen and oxygen atoms in total. The summed E-state index contributed by atoms with van der Waals surface area (Å²) in [6.07, 6.45) is 0.817. The number of anilines is 2. The summed E-state index contributed by atoms with van der Waals surface area (Å²) in [6.45, 7) is 5.16. The SMILES string of the molecule is CC(C)(C)OC(=O)NC(c1ccccc1F)C1Nc2ncccc2NC1=O. The van der Waals surface area contributed by atoms with Crippen LogP contribution in [0.15, 0.2) is 42.6 Å². The average Bonchev–Trinajstić information content (AvgIpc) is 2.58. The van der Waals surface area contributed by atoms with E-state index in [0.717, 1.165) is 0 Å². The monoisotopic (exact) mass is 372 g/mol. The average molecular weight is 372 g/mol. The van der Waals surface area contributed by atoms with Gasteiger partial charge in [-0.15, -0.1) is 0 Å². The van der Waals surface area contributed by atoms with Crippen LogP contribution in [0.25, 0.3) is 0 Å². The van der Waals surface area contributed by atoms with Gasteiger partial charge in [0.1, 0.15) is 17.5 Å². The normalized spacial score (nSPS) is 17.2. The van der Waals surface area contributed by atoms with E-state index in [-0.39, 0.29) is 5.56 Å². The van der Waals surface area contributed by atoms with Gasteiger partial charge < -0.3 is 20.7 Å². The van der Waals surface area contributed by atoms with E-state index >= 15 is 0 Å². The summed E-state index contributed by atoms with van der Waals surface area (Å²) in [7, 11) is 0. The highest BCUT2D eigenvalue weighted by Gasteiger charge is 2.37. The lowest BCUT2D eigenvalue weighted by Crippen LogP contribution is -2.50. The van der Waals surface area contributed by atoms with Gasteiger partial charge in [-0.2, -0.15) is 0 Å². The first-order valence-corrected chi connectivity index (χ1v) is 8.51. The van der Waals surface area contributed by atoms with Gasteiger partial charge >= 0.3 is 6.09 Å². The maximum absolute atomic E-state index is 14.4. The molecule has 27 heavy (non-hydrogen) atoms. The molecule has 2 amide bonds. The number of alkyl carbamates (subject to hydrolysis) is 1. The smallest absolute Gasteiger partial charge is 0.408 e. The van der Waals surface area contributed by atoms with E-state index in [4.69, 9.17) is 4.74 Å². The van der Waals surface area contributed by atoms with Crippen LogP contribution in [0.4, 0.5) is 20.7 Å². The molecule has 3 N–H and O–H groups in total. The van der Waals surface area contributed by atoms with E-state index < -0.39 is 35.5 Å². The molecule has 0 saturated carbocycles. The van der Waals surface area contributed by atoms with Crippen molar-refractivity contribution in [2.24, 2.45) is 0 Å². The molecule has 2 heterocycles. The van der Waals surface area contributed by atoms with Gasteiger partial charge in [-0.25, -0.2) is 14.2 Å². The highest BCUT2D eigenvalue weighted by atomic mass is 19.1. The molecule has 0 saturated heterocycles. The Kier molecular flexibility index (Phi) is 4.98. The third-order valence-corrected chi connectivity index (χ3v) is 3.89. The van der Waals surface area contributed by atoms with Gasteiger partial charge in [-0.1, -0.05) is 18.2 Å². The second-order valence-corrected chi connectivity index (χ2v) is 7.16. The number of carbonyl (C=O) groups is 2. The highest BCUT2D eigenvalue weighted by Crippen LogP contribution is 2.30. The van der Waals surface area contributed by atoms with Crippen molar-refractivity contribution >= 4 is 23.5 Å². The second kappa shape index (κ2) is 7.22. The molecule has 0 aliphatic carbocycles. The lowest BCUT2D eigenvalue weighted by Gasteiger charge is -2.33. The van der Waals surface area contributed by atoms with Gasteiger partial charge in [0.2, 0.25) is 5.91 Å². The molecule has 1 aromatic heterocycles. The minimum atomic E-state index is -1.00. The molecule has 0 bridgehead atoms. The maximum Gasteiger partial charge on any atom is 0.408 e. The van der Waals surface area contributed by atoms with Crippen LogP contribution in [0.1, 0.15) is 32.4 Å². The Morgan fingerprint density at radius 3 is 2.70 bits per heavy atom. The number of benzene rings is 1. The molecule has 0 radical (unpaired) electrons. The summed E-state index contributed by atoms with van der Waals surface area (Å²) in [5.74, 6) is -0.519. The van der Waals surface area contributed by atoms with Crippen molar-refractivity contribution in [1.82, 2.24) is 10.3 Å². The van der Waals surface area contributed by atoms with Gasteiger partial charge in [0.15, 0.2) is 5.82 Å². The summed E-state index contributed by atoms with van der Waals surface area (Å²) < 4.78 is 19.7. The van der Waals surface area contributed by atoms with Gasteiger partial charge in [0.25, 0.3) is 0 Å². The van der Waals surface area contributed by atoms with Gasteiger partial charge in [-0.05, 0) is 39.0 Å². The molecule has 2 aromatic rings. The van der Waals surface area contributed by atoms with Crippen LogP contribution >= 0.6 is 0 Å². The van der Waals surface area contributed by atoms with Crippen molar-refractivity contribution in [2.45, 2.75) is 38.5 Å². The number of nitrogens with one attached hydrogen (secondary N) is 3. The Morgan fingerprint density at radius 1 is 1.26 bits per heavy atom. The van der Waals surface area contributed by atoms with Crippen LogP contribution in [0.2, 0.25) is 0 Å². The Bertz CT molecular complexity index is 866. The number of carbonyl (C=O) groups excluding carboxylic acids is 2. The Labute approximate surface area is 156 Å². The number of amides is 2. The first-order chi connectivity index (χ1) is 12.7. The van der Waals surface area contributed by atoms with Crippen LogP contribution in [0, 0.1) is 5.82 Å². The number of rotatable bonds is 3. The van der Waals surface area contributed by atoms with E-state index in [1.165, 1.54) is 18.2 Å². The lowest BCUT2D eigenvalue weighted by atomic mass is 9.96. The molecule has 0 fully saturated rings. The minimum Gasteiger partial charge on any atom is -0.444 e. The number of aromatic nitrogens is 1. The third kappa shape index (κ3) is 4.33. The minimum absolute atomic E-state index is 0.162. The number of pyridine rings is 1. The van der Waals surface area contributed by atoms with E-state index in [1.54, 1.807) is 45.2 Å². The lowest BCUT2D eigenvalue weighted by molar-refractivity contribution is -0.117. The van der Waals surface area contributed by atoms with Crippen LogP contribution in [0.5, 0.6) is 0 Å². The van der Waals surface area contributed by atoms with Gasteiger partial charge in [-0.3, -0.25) is 4.79 Å². The number of hydrogen-bond donors (Lipinski definition) is 3. The molecule has 142 valence electrons. The third-order valence-electron chi connectivity index (χ3n) is 3.89. The van der Waals surface area contributed by atoms with Crippen molar-refractivity contribution in [2.75, 3.05) is 10.6 Å². The van der Waals surface area contributed by atoms with Gasteiger partial charge in [0, 0.05) is 11.8 Å². The van der Waals surface area contributed by atoms with Gasteiger partial charge in [0.05, 0.1) is 11.7 Å². The Hall–Kier alpha value is -3.16. The zero-order valence-electron chi connectivity index (χ0n) is 15.2. The predicted molar refractivity (Wildman–Crippen MR) is 98.8 cm³/mol. The predicted octanol–water partition coefficient (Wildman–Crippen LogP) is 3.22. The summed E-state index contributed by atoms with van der Waals surface area (Å²) >= 11 is 0. The van der Waals surface area contributed by atoms with Crippen molar-refractivity contribution in [3.63, 3.8) is 0 Å². The Morgan fingerprint density at radius 2 is 2.00 bits per heavy atom. The number of fused-ring (bicyclic) bond motifs is 1. The second-order valence-electron chi connectivity index (χ2n) is 7.16. The standard InChI is InChI=1S/C19H21FN4O3/c1-19(2,3)27-18(26)24-14(11-7-4-5-8-12(11)20)15-17(25)22-13-9-6-10-21-16(13)23-15/h4-10,14-15H,1-3H3,(H,21,23)(H,22,25)(H,24,26). The topological polar surface area (TPSA) is 92.3 Å². The fourth-order valence-corrected chi connectivity index (χ4v) is 2.78. The van der Waals surface area contributed by atoms with E-state index in [2.05, 4.69) is 20.9 Å². The summed E-state index contributed by atoms with van der Waals surface area (Å²) in [5.41, 5.74) is -0.0565. The van der Waals surface area contributed by atoms with Crippen LogP contribution in [-0.4, -0.2) is 28.6 Å². The number of nitrogens with zero attached hydrogens (tertiary/aromatic N) is 1. The van der Waals surface area contributed by atoms with Crippen molar-refractivity contribution in [1.29, 1.82) is 0 Å². The molecule has 0 spiro atoms. The van der Waals surface area contributed by atoms with E-state index in [1.807, 2.05) is 0 Å². The molecule has 8 heteroatoms. The summed E-state index contributed by atoms with van der Waals surface area (Å²) in [4.78, 5) is 29.1. The summed E-state index contributed by atoms with van der Waals surface area (Å²) in [5, 5.41) is 8.31. The number of halogens is 1. The molecule has 1 aliphatic heterocycles. The highest BCUT2D eigenvalue weighted by molar-refractivity contribution is 6.02. The van der Waals surface area contributed by atoms with E-state index in [0.29, 0.717) is 11.5 Å². The van der Waals surface area contributed by atoms with Crippen LogP contribution in [0.3, 0.4) is 0 Å². The Balaban J connectivity index is 1.94. The molecular weight excluding hydrogens is 351 g/mol. The fraction of sp³-hybridized carbons (Fsp3) is 0.316. The molecule has 2 atom stereocenters. The fourth-order valence-electron chi connectivity index (χ4n) is 2.78. The van der Waals surface area contributed by atoms with Crippen LogP contribution < -0.4 is 16.0 Å². The number of hydrogen-bond acceptors (Lipinski definition) is 5. The molecule has 2 unspecified atom stereocenters. The largest absolute Gasteiger partial charge is 0.444 e. The van der Waals surface area contributed by atoms with Crippen LogP contribution in [-0.2, 0) is 9.53 Å². The van der Waals surface area contributed by atoms with Crippen molar-refractivity contribution in [3.05, 3.63) is 54.0 Å². The van der Waals surface area contributed by atoms with Crippen molar-refractivity contribution < 1.29 is 18.7 Å². The molecule has 1 aliphatic rings. The first kappa shape index (κ1) is 18.6. The molecule has 3 rings (SSSR count). The number of ether oxygens (including phenoxy) is 1.